The third-order valence-electron chi connectivity index (χ3n) is 10.2. The Morgan fingerprint density at radius 3 is 1.16 bits per heavy atom. The van der Waals surface area contributed by atoms with Crippen LogP contribution in [0, 0.1) is 0 Å². The molecule has 56 heavy (non-hydrogen) atoms. The molecule has 5 fully saturated rings. The van der Waals surface area contributed by atoms with E-state index in [-0.39, 0.29) is 0 Å². The van der Waals surface area contributed by atoms with Gasteiger partial charge in [-0.15, -0.1) is 0 Å². The Kier molecular flexibility index (Phi) is 14.9. The van der Waals surface area contributed by atoms with E-state index in [1.165, 1.54) is 11.4 Å². The maximum atomic E-state index is 5.92. The smallest absolute Gasteiger partial charge is 0.229 e. The van der Waals surface area contributed by atoms with Gasteiger partial charge in [-0.2, -0.15) is 9.97 Å². The standard InChI is InChI=1S/C22H30N6O2.C14H14Cl2N4.C4H9NO/c1-2-4-19(5-3-1)25-6-8-28(9-7-25)22-23-20(26-10-14-29-15-11-26)18-21(24-22)27-12-16-30-17-13-27;15-12-10-13(16)18-14(17-12)20-8-6-19(7-9-20)11-4-2-1-3-5-11;1-3-6-4-2-5-1/h1-5,18H,6-17H2;1-5,10H,6-9H2;5H,1-4H2. The van der Waals surface area contributed by atoms with Crippen LogP contribution in [-0.2, 0) is 14.2 Å². The van der Waals surface area contributed by atoms with Crippen molar-refractivity contribution in [3.63, 3.8) is 0 Å². The molecular formula is C40H53Cl2N11O3. The van der Waals surface area contributed by atoms with Crippen molar-refractivity contribution in [2.45, 2.75) is 0 Å². The molecule has 0 aliphatic carbocycles. The summed E-state index contributed by atoms with van der Waals surface area (Å²) in [4.78, 5) is 32.3. The van der Waals surface area contributed by atoms with E-state index in [9.17, 15) is 0 Å². The number of nitrogens with zero attached hydrogens (tertiary/aromatic N) is 10. The number of ether oxygens (including phenoxy) is 3. The van der Waals surface area contributed by atoms with Crippen LogP contribution in [0.25, 0.3) is 0 Å². The van der Waals surface area contributed by atoms with Crippen LogP contribution >= 0.6 is 23.2 Å². The zero-order chi connectivity index (χ0) is 38.4. The molecule has 0 unspecified atom stereocenters. The highest BCUT2D eigenvalue weighted by molar-refractivity contribution is 6.33. The molecule has 5 aliphatic heterocycles. The molecule has 0 amide bonds. The summed E-state index contributed by atoms with van der Waals surface area (Å²) >= 11 is 11.8. The maximum absolute atomic E-state index is 5.92. The fraction of sp³-hybridized carbons (Fsp3) is 0.500. The summed E-state index contributed by atoms with van der Waals surface area (Å²) in [5.74, 6) is 3.47. The largest absolute Gasteiger partial charge is 0.379 e. The maximum Gasteiger partial charge on any atom is 0.229 e. The van der Waals surface area contributed by atoms with Gasteiger partial charge in [0, 0.05) is 115 Å². The predicted octanol–water partition coefficient (Wildman–Crippen LogP) is 4.19. The van der Waals surface area contributed by atoms with Gasteiger partial charge in [0.1, 0.15) is 21.9 Å². The van der Waals surface area contributed by atoms with E-state index in [1.54, 1.807) is 6.07 Å². The van der Waals surface area contributed by atoms with E-state index in [4.69, 9.17) is 47.4 Å². The van der Waals surface area contributed by atoms with Crippen molar-refractivity contribution in [1.29, 1.82) is 0 Å². The molecule has 14 nitrogen and oxygen atoms in total. The lowest BCUT2D eigenvalue weighted by Crippen LogP contribution is -2.47. The molecule has 2 aromatic heterocycles. The molecule has 9 rings (SSSR count). The molecule has 4 aromatic rings. The second-order valence-corrected chi connectivity index (χ2v) is 14.7. The minimum atomic E-state index is 0.380. The van der Waals surface area contributed by atoms with E-state index in [2.05, 4.69) is 105 Å². The normalized spacial score (nSPS) is 19.1. The van der Waals surface area contributed by atoms with Crippen LogP contribution in [-0.4, -0.2) is 151 Å². The van der Waals surface area contributed by atoms with Gasteiger partial charge in [-0.1, -0.05) is 59.6 Å². The Morgan fingerprint density at radius 2 is 0.786 bits per heavy atom. The van der Waals surface area contributed by atoms with Crippen molar-refractivity contribution in [3.05, 3.63) is 83.1 Å². The molecular weight excluding hydrogens is 753 g/mol. The summed E-state index contributed by atoms with van der Waals surface area (Å²) in [5, 5.41) is 3.92. The molecule has 7 heterocycles. The number of piperazine rings is 2. The molecule has 2 aromatic carbocycles. The third kappa shape index (κ3) is 11.5. The zero-order valence-corrected chi connectivity index (χ0v) is 33.5. The van der Waals surface area contributed by atoms with Gasteiger partial charge in [0.25, 0.3) is 0 Å². The van der Waals surface area contributed by atoms with E-state index in [0.29, 0.717) is 16.3 Å². The molecule has 0 spiro atoms. The Labute approximate surface area is 340 Å². The van der Waals surface area contributed by atoms with Gasteiger partial charge in [0.05, 0.1) is 39.6 Å². The molecule has 0 saturated carbocycles. The van der Waals surface area contributed by atoms with Crippen molar-refractivity contribution < 1.29 is 14.2 Å². The van der Waals surface area contributed by atoms with Gasteiger partial charge in [-0.05, 0) is 24.3 Å². The van der Waals surface area contributed by atoms with E-state index in [0.717, 1.165) is 149 Å². The van der Waals surface area contributed by atoms with Gasteiger partial charge >= 0.3 is 0 Å². The first-order chi connectivity index (χ1) is 27.6. The molecule has 5 saturated heterocycles. The number of hydrogen-bond acceptors (Lipinski definition) is 14. The average Bonchev–Trinajstić information content (AvgIpc) is 3.28. The van der Waals surface area contributed by atoms with Crippen molar-refractivity contribution in [3.8, 4) is 0 Å². The highest BCUT2D eigenvalue weighted by atomic mass is 35.5. The van der Waals surface area contributed by atoms with Crippen LogP contribution in [0.2, 0.25) is 10.3 Å². The second-order valence-electron chi connectivity index (χ2n) is 13.9. The van der Waals surface area contributed by atoms with Crippen molar-refractivity contribution in [2.75, 3.05) is 161 Å². The quantitative estimate of drug-likeness (QED) is 0.282. The fourth-order valence-electron chi connectivity index (χ4n) is 7.10. The third-order valence-corrected chi connectivity index (χ3v) is 10.6. The average molecular weight is 807 g/mol. The van der Waals surface area contributed by atoms with E-state index >= 15 is 0 Å². The minimum absolute atomic E-state index is 0.380. The van der Waals surface area contributed by atoms with Crippen molar-refractivity contribution >= 4 is 58.1 Å². The van der Waals surface area contributed by atoms with Crippen LogP contribution in [0.1, 0.15) is 0 Å². The van der Waals surface area contributed by atoms with E-state index in [1.807, 2.05) is 6.07 Å². The van der Waals surface area contributed by atoms with Crippen LogP contribution in [0.15, 0.2) is 72.8 Å². The number of morpholine rings is 3. The lowest BCUT2D eigenvalue weighted by molar-refractivity contribution is 0.109. The lowest BCUT2D eigenvalue weighted by atomic mass is 10.2. The van der Waals surface area contributed by atoms with Gasteiger partial charge in [0.15, 0.2) is 0 Å². The molecule has 0 atom stereocenters. The summed E-state index contributed by atoms with van der Waals surface area (Å²) < 4.78 is 16.1. The summed E-state index contributed by atoms with van der Waals surface area (Å²) in [6.45, 7) is 17.7. The Bertz CT molecular complexity index is 1680. The van der Waals surface area contributed by atoms with Gasteiger partial charge in [-0.25, -0.2) is 9.97 Å². The Balaban J connectivity index is 0.000000158. The number of anilines is 6. The summed E-state index contributed by atoms with van der Waals surface area (Å²) in [6.07, 6.45) is 0. The molecule has 1 N–H and O–H groups in total. The van der Waals surface area contributed by atoms with E-state index < -0.39 is 0 Å². The zero-order valence-electron chi connectivity index (χ0n) is 32.0. The Morgan fingerprint density at radius 1 is 0.411 bits per heavy atom. The highest BCUT2D eigenvalue weighted by Gasteiger charge is 2.24. The first-order valence-corrected chi connectivity index (χ1v) is 20.5. The number of aromatic nitrogens is 4. The topological polar surface area (TPSA) is 111 Å². The molecule has 0 bridgehead atoms. The van der Waals surface area contributed by atoms with Crippen LogP contribution in [0.3, 0.4) is 0 Å². The summed E-state index contributed by atoms with van der Waals surface area (Å²) in [5.41, 5.74) is 2.53. The second kappa shape index (κ2) is 20.8. The molecule has 5 aliphatic rings. The van der Waals surface area contributed by atoms with Crippen LogP contribution in [0.5, 0.6) is 0 Å². The fourth-order valence-corrected chi connectivity index (χ4v) is 7.52. The van der Waals surface area contributed by atoms with Crippen molar-refractivity contribution in [2.24, 2.45) is 0 Å². The Hall–Kier alpha value is -4.18. The van der Waals surface area contributed by atoms with Gasteiger partial charge < -0.3 is 48.9 Å². The first-order valence-electron chi connectivity index (χ1n) is 19.7. The first kappa shape index (κ1) is 40.0. The van der Waals surface area contributed by atoms with Crippen LogP contribution < -0.4 is 34.7 Å². The highest BCUT2D eigenvalue weighted by Crippen LogP contribution is 2.26. The number of benzene rings is 2. The summed E-state index contributed by atoms with van der Waals surface area (Å²) in [7, 11) is 0. The SMILES string of the molecule is C1COCCN1.Clc1cc(Cl)nc(N2CCN(c3ccccc3)CC2)n1.c1ccc(N2CCN(c3nc(N4CCOCC4)cc(N4CCOCC4)n3)CC2)cc1. The number of para-hydroxylation sites is 2. The number of hydrogen-bond donors (Lipinski definition) is 1. The van der Waals surface area contributed by atoms with Crippen molar-refractivity contribution in [1.82, 2.24) is 25.3 Å². The number of nitrogens with one attached hydrogen (secondary N) is 1. The predicted molar refractivity (Wildman–Crippen MR) is 226 cm³/mol. The molecule has 0 radical (unpaired) electrons. The lowest BCUT2D eigenvalue weighted by Gasteiger charge is -2.37. The molecule has 300 valence electrons. The number of rotatable bonds is 6. The number of halogens is 2. The monoisotopic (exact) mass is 805 g/mol. The minimum Gasteiger partial charge on any atom is -0.379 e. The van der Waals surface area contributed by atoms with Gasteiger partial charge in [0.2, 0.25) is 11.9 Å². The van der Waals surface area contributed by atoms with Gasteiger partial charge in [-0.3, -0.25) is 0 Å². The summed E-state index contributed by atoms with van der Waals surface area (Å²) in [6, 6.07) is 24.7. The molecule has 16 heteroatoms. The van der Waals surface area contributed by atoms with Crippen LogP contribution in [0.4, 0.5) is 34.9 Å².